The van der Waals surface area contributed by atoms with Crippen molar-refractivity contribution in [3.63, 3.8) is 0 Å². The summed E-state index contributed by atoms with van der Waals surface area (Å²) in [4.78, 5) is 0. The second-order valence-corrected chi connectivity index (χ2v) is 0. The first-order valence-corrected chi connectivity index (χ1v) is 0. The minimum Gasteiger partial charge on any atom is 0 e. The monoisotopic (exact) mass is 310 g/mol. The van der Waals surface area contributed by atoms with Gasteiger partial charge in [0.05, 0.1) is 0 Å². The van der Waals surface area contributed by atoms with Gasteiger partial charge in [0.2, 0.25) is 0 Å². The summed E-state index contributed by atoms with van der Waals surface area (Å²) in [7, 11) is 0. The third-order valence-corrected chi connectivity index (χ3v) is 0. The Balaban J connectivity index is 0. The van der Waals surface area contributed by atoms with Crippen LogP contribution in [0, 0.1) is 0 Å². The molecule has 0 fully saturated rings. The molecule has 0 aromatic carbocycles. The first-order chi connectivity index (χ1) is 0. The fourth-order valence-corrected chi connectivity index (χ4v) is 0. The van der Waals surface area contributed by atoms with Gasteiger partial charge in [-0.1, -0.05) is 0 Å². The molecule has 28 valence electrons. The van der Waals surface area contributed by atoms with Crippen molar-refractivity contribution in [3.05, 3.63) is 0 Å². The molecule has 0 aliphatic carbocycles. The van der Waals surface area contributed by atoms with Crippen molar-refractivity contribution in [1.82, 2.24) is 0 Å². The Labute approximate surface area is 168 Å². The summed E-state index contributed by atoms with van der Waals surface area (Å²) < 4.78 is 0. The van der Waals surface area contributed by atoms with E-state index in [9.17, 15) is 0 Å². The van der Waals surface area contributed by atoms with E-state index in [1.807, 2.05) is 0 Å². The van der Waals surface area contributed by atoms with Gasteiger partial charge in [-0.25, -0.2) is 0 Å². The van der Waals surface area contributed by atoms with Crippen molar-refractivity contribution in [1.29, 1.82) is 0 Å². The SMILES string of the molecule is [Ca+2].[Fe].[H-].[H-].[H-].[H-].[H-].[K+].[Mg+2].[SeH2].[Zn]. The molecule has 0 saturated carbocycles. The van der Waals surface area contributed by atoms with Crippen molar-refractivity contribution < 1.29 is 95.1 Å². The van der Waals surface area contributed by atoms with E-state index in [0.29, 0.717) is 0 Å². The first-order valence-electron chi connectivity index (χ1n) is 0. The van der Waals surface area contributed by atoms with Crippen molar-refractivity contribution in [2.75, 3.05) is 0 Å². The van der Waals surface area contributed by atoms with Crippen LogP contribution in [-0.4, -0.2) is 77.9 Å². The summed E-state index contributed by atoms with van der Waals surface area (Å²) in [5.74, 6) is 0. The van der Waals surface area contributed by atoms with Gasteiger partial charge in [0.15, 0.2) is 0 Å². The van der Waals surface area contributed by atoms with Crippen LogP contribution >= 0.6 is 0 Å². The van der Waals surface area contributed by atoms with E-state index in [0.717, 1.165) is 0 Å². The van der Waals surface area contributed by atoms with E-state index in [1.54, 1.807) is 0 Å². The van der Waals surface area contributed by atoms with Gasteiger partial charge >= 0.3 is 129 Å². The standard InChI is InChI=1S/Ca.Fe.K.Mg.H2Se.Zn.5H/h;;;;1H2;;;;;;/q+2;;+1;+2;;;5*-1. The Morgan fingerprint density at radius 2 is 1.17 bits per heavy atom. The van der Waals surface area contributed by atoms with E-state index < -0.39 is 0 Å². The fraction of sp³-hybridized carbons (Fsp3) is 0. The van der Waals surface area contributed by atoms with E-state index in [-0.39, 0.29) is 173 Å². The second-order valence-electron chi connectivity index (χ2n) is 0. The molecule has 0 aliphatic rings. The van der Waals surface area contributed by atoms with E-state index >= 15 is 0 Å². The van der Waals surface area contributed by atoms with Gasteiger partial charge in [0.25, 0.3) is 0 Å². The van der Waals surface area contributed by atoms with Crippen LogP contribution in [0.15, 0.2) is 0 Å². The van der Waals surface area contributed by atoms with Crippen molar-refractivity contribution in [3.8, 4) is 0 Å². The summed E-state index contributed by atoms with van der Waals surface area (Å²) >= 11 is 0. The van der Waals surface area contributed by atoms with Gasteiger partial charge in [0, 0.05) is 36.5 Å². The molecule has 0 amide bonds. The molecular weight excluding hydrogens is 304 g/mol. The van der Waals surface area contributed by atoms with Crippen LogP contribution in [0.1, 0.15) is 7.13 Å². The average molecular weight is 311 g/mol. The third kappa shape index (κ3) is 22.8. The molecule has 0 aromatic heterocycles. The van der Waals surface area contributed by atoms with E-state index in [4.69, 9.17) is 0 Å². The van der Waals surface area contributed by atoms with Crippen LogP contribution in [0.4, 0.5) is 0 Å². The third-order valence-electron chi connectivity index (χ3n) is 0. The van der Waals surface area contributed by atoms with Gasteiger partial charge in [-0.15, -0.1) is 0 Å². The molecule has 0 rings (SSSR count). The molecule has 0 aliphatic heterocycles. The summed E-state index contributed by atoms with van der Waals surface area (Å²) in [5.41, 5.74) is 0. The summed E-state index contributed by atoms with van der Waals surface area (Å²) in [5, 5.41) is 0. The van der Waals surface area contributed by atoms with Gasteiger partial charge in [-0.2, -0.15) is 0 Å². The Morgan fingerprint density at radius 1 is 1.17 bits per heavy atom. The summed E-state index contributed by atoms with van der Waals surface area (Å²) in [6.07, 6.45) is 0. The van der Waals surface area contributed by atoms with Crippen LogP contribution in [-0.2, 0) is 36.5 Å². The van der Waals surface area contributed by atoms with Crippen molar-refractivity contribution in [2.24, 2.45) is 0 Å². The molecule has 0 heterocycles. The molecule has 0 nitrogen and oxygen atoms in total. The zero-order valence-electron chi connectivity index (χ0n) is 8.97. The molecule has 0 N–H and O–H groups in total. The van der Waals surface area contributed by atoms with Crippen molar-refractivity contribution in [2.45, 2.75) is 0 Å². The molecule has 0 radical (unpaired) electrons. The Morgan fingerprint density at radius 3 is 1.17 bits per heavy atom. The fourth-order valence-electron chi connectivity index (χ4n) is 0. The van der Waals surface area contributed by atoms with Crippen LogP contribution in [0.3, 0.4) is 0 Å². The predicted molar refractivity (Wildman–Crippen MR) is 25.6 cm³/mol. The smallest absolute Gasteiger partial charge is 0 e. The minimum absolute atomic E-state index is 0. The molecule has 0 saturated heterocycles. The van der Waals surface area contributed by atoms with Crippen molar-refractivity contribution >= 4 is 77.9 Å². The van der Waals surface area contributed by atoms with Crippen LogP contribution < -0.4 is 51.4 Å². The normalized spacial score (nSPS) is 0. The maximum Gasteiger partial charge on any atom is 0 e. The van der Waals surface area contributed by atoms with Crippen LogP contribution in [0.2, 0.25) is 0 Å². The minimum atomic E-state index is 0. The summed E-state index contributed by atoms with van der Waals surface area (Å²) in [6, 6.07) is 0. The number of hydrogen-bond donors (Lipinski definition) is 0. The predicted octanol–water partition coefficient (Wildman–Crippen LogP) is -4.12. The quantitative estimate of drug-likeness (QED) is 0.399. The molecular formula is H7CaFeKMgSeZn. The first kappa shape index (κ1) is 42.6. The van der Waals surface area contributed by atoms with Gasteiger partial charge < -0.3 is 7.13 Å². The molecule has 0 aromatic rings. The zero-order valence-corrected chi connectivity index (χ0v) is 16.9. The molecule has 0 bridgehead atoms. The van der Waals surface area contributed by atoms with Crippen LogP contribution in [0.25, 0.3) is 0 Å². The Bertz CT molecular complexity index is 26.4. The number of hydrogen-bond acceptors (Lipinski definition) is 0. The topological polar surface area (TPSA) is 0 Å². The summed E-state index contributed by atoms with van der Waals surface area (Å²) in [6.45, 7) is 0. The van der Waals surface area contributed by atoms with Gasteiger partial charge in [0.1, 0.15) is 0 Å². The largest absolute Gasteiger partial charge is 0 e. The molecule has 6 heavy (non-hydrogen) atoms. The van der Waals surface area contributed by atoms with Gasteiger partial charge in [-0.3, -0.25) is 0 Å². The second kappa shape index (κ2) is 31.7. The molecule has 6 heteroatoms. The maximum atomic E-state index is 0. The average Bonchev–Trinajstić information content (AvgIpc) is 0. The van der Waals surface area contributed by atoms with E-state index in [1.165, 1.54) is 0 Å². The molecule has 0 atom stereocenters. The van der Waals surface area contributed by atoms with Gasteiger partial charge in [-0.05, 0) is 0 Å². The van der Waals surface area contributed by atoms with E-state index in [2.05, 4.69) is 0 Å². The van der Waals surface area contributed by atoms with Crippen LogP contribution in [0.5, 0.6) is 0 Å². The Hall–Kier alpha value is 5.32. The number of rotatable bonds is 0. The zero-order chi connectivity index (χ0) is 0. The Kier molecular flexibility index (Phi) is 225. The maximum absolute atomic E-state index is 0. The molecule has 0 spiro atoms. The molecule has 0 unspecified atom stereocenters.